The molecule has 0 N–H and O–H groups in total. The number of fused-ring (bicyclic) bond motifs is 7. The maximum Gasteiger partial charge on any atom is 0.164 e. The molecule has 2 heterocycles. The number of aromatic nitrogens is 4. The van der Waals surface area contributed by atoms with Crippen molar-refractivity contribution in [1.29, 1.82) is 0 Å². The third-order valence-corrected chi connectivity index (χ3v) is 11.7. The van der Waals surface area contributed by atoms with E-state index in [1.54, 1.807) is 0 Å². The fourth-order valence-electron chi connectivity index (χ4n) is 8.92. The average molecular weight is 751 g/mol. The number of nitrogens with zero attached hydrogens (tertiary/aromatic N) is 4. The summed E-state index contributed by atoms with van der Waals surface area (Å²) in [6, 6.07) is 73.6. The summed E-state index contributed by atoms with van der Waals surface area (Å²) in [6.45, 7) is 0. The summed E-state index contributed by atoms with van der Waals surface area (Å²) in [7, 11) is 0. The molecule has 0 aliphatic carbocycles. The molecule has 59 heavy (non-hydrogen) atoms. The van der Waals surface area contributed by atoms with Crippen molar-refractivity contribution in [3.8, 4) is 51.0 Å². The lowest BCUT2D eigenvalue weighted by molar-refractivity contribution is 1.08. The number of hydrogen-bond acceptors (Lipinski definition) is 3. The minimum absolute atomic E-state index is 0.626. The zero-order valence-corrected chi connectivity index (χ0v) is 31.9. The largest absolute Gasteiger partial charge is 0.308 e. The van der Waals surface area contributed by atoms with Gasteiger partial charge in [-0.2, -0.15) is 0 Å². The molecule has 0 radical (unpaired) electrons. The molecule has 0 aliphatic heterocycles. The second-order valence-electron chi connectivity index (χ2n) is 15.2. The molecular formula is C55H34N4. The molecule has 4 nitrogen and oxygen atoms in total. The van der Waals surface area contributed by atoms with Crippen molar-refractivity contribution in [3.05, 3.63) is 206 Å². The topological polar surface area (TPSA) is 43.6 Å². The van der Waals surface area contributed by atoms with E-state index < -0.39 is 0 Å². The molecule has 0 saturated carbocycles. The lowest BCUT2D eigenvalue weighted by Crippen LogP contribution is -2.03. The highest BCUT2D eigenvalue weighted by atomic mass is 15.0. The first-order chi connectivity index (χ1) is 29.2. The molecule has 0 saturated heterocycles. The van der Waals surface area contributed by atoms with Crippen molar-refractivity contribution >= 4 is 64.9 Å². The van der Waals surface area contributed by atoms with Gasteiger partial charge >= 0.3 is 0 Å². The van der Waals surface area contributed by atoms with E-state index in [1.165, 1.54) is 37.7 Å². The number of rotatable bonds is 5. The SMILES string of the molecule is c1ccc(-c2nc(-c3ccc4ccccc4c3)nc(-c3cc(-c4ccccc4)c(-n4c5cc6ccccc6cc5c5cc6ccccc6cc54)c4ccccc34)n2)cc1. The standard InChI is InChI=1S/C55H34N4/c1-3-16-36(17-4-1)46-34-49(55-57-53(37-18-5-2-6-19-37)56-54(58-55)43-28-27-35-15-7-8-20-38(35)29-43)44-25-13-14-26-45(44)52(46)59-50-32-41-23-11-9-21-39(41)30-47(50)48-31-40-22-10-12-24-42(40)33-51(48)59/h1-34H. The highest BCUT2D eigenvalue weighted by molar-refractivity contribution is 6.19. The number of hydrogen-bond donors (Lipinski definition) is 0. The summed E-state index contributed by atoms with van der Waals surface area (Å²) in [5, 5.41) is 11.8. The van der Waals surface area contributed by atoms with Crippen molar-refractivity contribution in [2.45, 2.75) is 0 Å². The van der Waals surface area contributed by atoms with Gasteiger partial charge in [-0.3, -0.25) is 0 Å². The van der Waals surface area contributed by atoms with E-state index in [0.29, 0.717) is 17.5 Å². The lowest BCUT2D eigenvalue weighted by Gasteiger charge is -2.20. The lowest BCUT2D eigenvalue weighted by atomic mass is 9.93. The summed E-state index contributed by atoms with van der Waals surface area (Å²) in [5.74, 6) is 1.89. The highest BCUT2D eigenvalue weighted by Crippen LogP contribution is 2.45. The predicted molar refractivity (Wildman–Crippen MR) is 246 cm³/mol. The van der Waals surface area contributed by atoms with Crippen LogP contribution in [0, 0.1) is 0 Å². The molecule has 12 aromatic rings. The van der Waals surface area contributed by atoms with Crippen LogP contribution in [-0.4, -0.2) is 19.5 Å². The van der Waals surface area contributed by atoms with E-state index in [0.717, 1.165) is 60.7 Å². The van der Waals surface area contributed by atoms with Gasteiger partial charge in [0.25, 0.3) is 0 Å². The van der Waals surface area contributed by atoms with E-state index in [1.807, 2.05) is 18.2 Å². The van der Waals surface area contributed by atoms with Gasteiger partial charge in [-0.1, -0.05) is 170 Å². The van der Waals surface area contributed by atoms with E-state index in [4.69, 9.17) is 15.0 Å². The van der Waals surface area contributed by atoms with Gasteiger partial charge in [-0.25, -0.2) is 15.0 Å². The van der Waals surface area contributed by atoms with Gasteiger partial charge in [0.05, 0.1) is 16.7 Å². The maximum absolute atomic E-state index is 5.32. The van der Waals surface area contributed by atoms with Gasteiger partial charge in [0.1, 0.15) is 0 Å². The van der Waals surface area contributed by atoms with Crippen molar-refractivity contribution in [1.82, 2.24) is 19.5 Å². The molecule has 0 fully saturated rings. The van der Waals surface area contributed by atoms with Gasteiger partial charge in [0.2, 0.25) is 0 Å². The van der Waals surface area contributed by atoms with E-state index in [-0.39, 0.29) is 0 Å². The minimum Gasteiger partial charge on any atom is -0.308 e. The van der Waals surface area contributed by atoms with Crippen LogP contribution >= 0.6 is 0 Å². The van der Waals surface area contributed by atoms with Crippen LogP contribution in [0.4, 0.5) is 0 Å². The first kappa shape index (κ1) is 33.2. The third kappa shape index (κ3) is 5.49. The Bertz CT molecular complexity index is 3510. The van der Waals surface area contributed by atoms with Gasteiger partial charge in [-0.05, 0) is 79.7 Å². The molecule has 2 aromatic heterocycles. The van der Waals surface area contributed by atoms with Crippen molar-refractivity contribution < 1.29 is 0 Å². The van der Waals surface area contributed by atoms with Crippen molar-refractivity contribution in [2.24, 2.45) is 0 Å². The summed E-state index contributed by atoms with van der Waals surface area (Å²) >= 11 is 0. The van der Waals surface area contributed by atoms with Gasteiger partial charge in [-0.15, -0.1) is 0 Å². The molecule has 10 aromatic carbocycles. The molecule has 0 bridgehead atoms. The molecule has 0 atom stereocenters. The smallest absolute Gasteiger partial charge is 0.164 e. The second-order valence-corrected chi connectivity index (χ2v) is 15.2. The monoisotopic (exact) mass is 750 g/mol. The molecular weight excluding hydrogens is 717 g/mol. The van der Waals surface area contributed by atoms with Gasteiger partial charge in [0.15, 0.2) is 17.5 Å². The van der Waals surface area contributed by atoms with Crippen LogP contribution in [0.5, 0.6) is 0 Å². The molecule has 12 rings (SSSR count). The first-order valence-corrected chi connectivity index (χ1v) is 20.0. The zero-order valence-electron chi connectivity index (χ0n) is 31.9. The molecule has 0 aliphatic rings. The van der Waals surface area contributed by atoms with Crippen molar-refractivity contribution in [3.63, 3.8) is 0 Å². The minimum atomic E-state index is 0.626. The first-order valence-electron chi connectivity index (χ1n) is 20.0. The highest BCUT2D eigenvalue weighted by Gasteiger charge is 2.23. The van der Waals surface area contributed by atoms with Crippen LogP contribution in [0.25, 0.3) is 116 Å². The third-order valence-electron chi connectivity index (χ3n) is 11.7. The number of benzene rings is 10. The maximum atomic E-state index is 5.32. The van der Waals surface area contributed by atoms with Crippen LogP contribution in [-0.2, 0) is 0 Å². The Kier molecular flexibility index (Phi) is 7.50. The summed E-state index contributed by atoms with van der Waals surface area (Å²) in [4.78, 5) is 15.7. The Morgan fingerprint density at radius 1 is 0.271 bits per heavy atom. The Hall–Kier alpha value is -7.95. The Labute approximate surface area is 340 Å². The fraction of sp³-hybridized carbons (Fsp3) is 0. The Morgan fingerprint density at radius 3 is 1.34 bits per heavy atom. The quantitative estimate of drug-likeness (QED) is 0.176. The normalized spacial score (nSPS) is 11.7. The van der Waals surface area contributed by atoms with E-state index in [2.05, 4.69) is 193 Å². The van der Waals surface area contributed by atoms with Crippen LogP contribution in [0.2, 0.25) is 0 Å². The molecule has 0 spiro atoms. The van der Waals surface area contributed by atoms with Crippen LogP contribution in [0.3, 0.4) is 0 Å². The predicted octanol–water partition coefficient (Wildman–Crippen LogP) is 14.2. The molecule has 274 valence electrons. The zero-order chi connectivity index (χ0) is 38.9. The van der Waals surface area contributed by atoms with Crippen LogP contribution < -0.4 is 0 Å². The van der Waals surface area contributed by atoms with E-state index >= 15 is 0 Å². The van der Waals surface area contributed by atoms with Crippen LogP contribution in [0.15, 0.2) is 206 Å². The summed E-state index contributed by atoms with van der Waals surface area (Å²) in [5.41, 5.74) is 8.47. The summed E-state index contributed by atoms with van der Waals surface area (Å²) < 4.78 is 2.50. The van der Waals surface area contributed by atoms with Crippen molar-refractivity contribution in [2.75, 3.05) is 0 Å². The second kappa shape index (κ2) is 13.3. The molecule has 0 amide bonds. The van der Waals surface area contributed by atoms with E-state index in [9.17, 15) is 0 Å². The Morgan fingerprint density at radius 2 is 0.729 bits per heavy atom. The molecule has 4 heteroatoms. The average Bonchev–Trinajstić information content (AvgIpc) is 3.60. The fourth-order valence-corrected chi connectivity index (χ4v) is 8.92. The Balaban J connectivity index is 1.20. The van der Waals surface area contributed by atoms with Gasteiger partial charge in [0, 0.05) is 38.4 Å². The van der Waals surface area contributed by atoms with Crippen LogP contribution in [0.1, 0.15) is 0 Å². The summed E-state index contributed by atoms with van der Waals surface area (Å²) in [6.07, 6.45) is 0. The van der Waals surface area contributed by atoms with Gasteiger partial charge < -0.3 is 4.57 Å². The molecule has 0 unspecified atom stereocenters.